The lowest BCUT2D eigenvalue weighted by molar-refractivity contribution is 0.711. The van der Waals surface area contributed by atoms with Crippen LogP contribution in [0, 0.1) is 13.8 Å². The maximum atomic E-state index is 5.91. The standard InChI is InChI=1S/C14H18N2/c1-9-3-4-11-12(14(8-15)5-6-14)7-16-13(11)10(9)2/h3-4,7,16H,5-6,8,15H2,1-2H3. The Morgan fingerprint density at radius 1 is 1.31 bits per heavy atom. The van der Waals surface area contributed by atoms with Gasteiger partial charge in [-0.25, -0.2) is 0 Å². The summed E-state index contributed by atoms with van der Waals surface area (Å²) in [5.74, 6) is 0. The van der Waals surface area contributed by atoms with E-state index in [0.29, 0.717) is 0 Å². The summed E-state index contributed by atoms with van der Waals surface area (Å²) < 4.78 is 0. The number of aromatic nitrogens is 1. The Labute approximate surface area is 95.8 Å². The maximum Gasteiger partial charge on any atom is 0.0489 e. The van der Waals surface area contributed by atoms with Gasteiger partial charge in [0.2, 0.25) is 0 Å². The van der Waals surface area contributed by atoms with Crippen molar-refractivity contribution in [2.24, 2.45) is 5.73 Å². The molecule has 0 radical (unpaired) electrons. The van der Waals surface area contributed by atoms with E-state index in [1.54, 1.807) is 0 Å². The van der Waals surface area contributed by atoms with E-state index in [0.717, 1.165) is 6.54 Å². The van der Waals surface area contributed by atoms with Gasteiger partial charge in [-0.15, -0.1) is 0 Å². The Balaban J connectivity index is 2.26. The topological polar surface area (TPSA) is 41.8 Å². The first-order chi connectivity index (χ1) is 7.68. The van der Waals surface area contributed by atoms with Crippen molar-refractivity contribution in [3.05, 3.63) is 35.0 Å². The third-order valence-corrected chi connectivity index (χ3v) is 4.20. The van der Waals surface area contributed by atoms with E-state index in [4.69, 9.17) is 5.73 Å². The summed E-state index contributed by atoms with van der Waals surface area (Å²) >= 11 is 0. The summed E-state index contributed by atoms with van der Waals surface area (Å²) in [6, 6.07) is 4.45. The van der Waals surface area contributed by atoms with Crippen LogP contribution in [0.15, 0.2) is 18.3 Å². The summed E-state index contributed by atoms with van der Waals surface area (Å²) in [6.07, 6.45) is 4.64. The van der Waals surface area contributed by atoms with Crippen molar-refractivity contribution in [1.29, 1.82) is 0 Å². The molecule has 3 rings (SSSR count). The molecule has 1 saturated carbocycles. The van der Waals surface area contributed by atoms with Crippen molar-refractivity contribution in [2.75, 3.05) is 6.54 Å². The highest BCUT2D eigenvalue weighted by Crippen LogP contribution is 2.49. The first-order valence-corrected chi connectivity index (χ1v) is 5.96. The highest BCUT2D eigenvalue weighted by Gasteiger charge is 2.44. The van der Waals surface area contributed by atoms with Gasteiger partial charge in [-0.05, 0) is 43.4 Å². The van der Waals surface area contributed by atoms with Crippen LogP contribution >= 0.6 is 0 Å². The Bertz CT molecular complexity index is 547. The van der Waals surface area contributed by atoms with Gasteiger partial charge in [0.05, 0.1) is 0 Å². The number of fused-ring (bicyclic) bond motifs is 1. The quantitative estimate of drug-likeness (QED) is 0.793. The molecule has 0 bridgehead atoms. The lowest BCUT2D eigenvalue weighted by atomic mass is 9.94. The van der Waals surface area contributed by atoms with Gasteiger partial charge in [0.1, 0.15) is 0 Å². The zero-order valence-electron chi connectivity index (χ0n) is 9.93. The molecule has 1 aromatic heterocycles. The normalized spacial score (nSPS) is 17.9. The average molecular weight is 214 g/mol. The third-order valence-electron chi connectivity index (χ3n) is 4.20. The van der Waals surface area contributed by atoms with Gasteiger partial charge in [0.15, 0.2) is 0 Å². The van der Waals surface area contributed by atoms with Gasteiger partial charge in [0.25, 0.3) is 0 Å². The van der Waals surface area contributed by atoms with Gasteiger partial charge in [-0.3, -0.25) is 0 Å². The van der Waals surface area contributed by atoms with E-state index < -0.39 is 0 Å². The Hall–Kier alpha value is -1.28. The molecule has 0 unspecified atom stereocenters. The first kappa shape index (κ1) is 9.91. The predicted molar refractivity (Wildman–Crippen MR) is 67.7 cm³/mol. The molecule has 1 aliphatic carbocycles. The summed E-state index contributed by atoms with van der Waals surface area (Å²) in [5, 5.41) is 1.37. The number of H-pyrrole nitrogens is 1. The van der Waals surface area contributed by atoms with Crippen molar-refractivity contribution in [2.45, 2.75) is 32.1 Å². The predicted octanol–water partition coefficient (Wildman–Crippen LogP) is 2.78. The molecule has 2 nitrogen and oxygen atoms in total. The highest BCUT2D eigenvalue weighted by atomic mass is 14.7. The van der Waals surface area contributed by atoms with Crippen LogP contribution in [0.5, 0.6) is 0 Å². The molecule has 0 spiro atoms. The van der Waals surface area contributed by atoms with Crippen LogP contribution in [0.25, 0.3) is 10.9 Å². The number of nitrogens with two attached hydrogens (primary N) is 1. The van der Waals surface area contributed by atoms with Crippen molar-refractivity contribution in [3.63, 3.8) is 0 Å². The van der Waals surface area contributed by atoms with E-state index >= 15 is 0 Å². The average Bonchev–Trinajstić information content (AvgIpc) is 2.97. The van der Waals surface area contributed by atoms with Gasteiger partial charge >= 0.3 is 0 Å². The molecule has 0 saturated heterocycles. The SMILES string of the molecule is Cc1ccc2c(C3(CN)CC3)c[nH]c2c1C. The van der Waals surface area contributed by atoms with Crippen molar-refractivity contribution in [3.8, 4) is 0 Å². The molecule has 3 N–H and O–H groups in total. The molecule has 1 heterocycles. The molecule has 0 amide bonds. The summed E-state index contributed by atoms with van der Waals surface area (Å²) in [6.45, 7) is 5.11. The van der Waals surface area contributed by atoms with Crippen molar-refractivity contribution in [1.82, 2.24) is 4.98 Å². The highest BCUT2D eigenvalue weighted by molar-refractivity contribution is 5.88. The minimum absolute atomic E-state index is 0.278. The monoisotopic (exact) mass is 214 g/mol. The van der Waals surface area contributed by atoms with Crippen LogP contribution in [-0.4, -0.2) is 11.5 Å². The Morgan fingerprint density at radius 2 is 2.06 bits per heavy atom. The van der Waals surface area contributed by atoms with Gasteiger partial charge in [-0.1, -0.05) is 12.1 Å². The number of aromatic amines is 1. The number of benzene rings is 1. The lowest BCUT2D eigenvalue weighted by Gasteiger charge is -2.11. The lowest BCUT2D eigenvalue weighted by Crippen LogP contribution is -2.19. The van der Waals surface area contributed by atoms with Gasteiger partial charge in [0, 0.05) is 29.1 Å². The minimum atomic E-state index is 0.278. The first-order valence-electron chi connectivity index (χ1n) is 5.96. The molecule has 84 valence electrons. The van der Waals surface area contributed by atoms with Gasteiger partial charge < -0.3 is 10.7 Å². The van der Waals surface area contributed by atoms with Crippen LogP contribution in [0.2, 0.25) is 0 Å². The maximum absolute atomic E-state index is 5.91. The molecule has 1 aromatic carbocycles. The summed E-state index contributed by atoms with van der Waals surface area (Å²) in [4.78, 5) is 3.42. The van der Waals surface area contributed by atoms with Crippen LogP contribution in [0.3, 0.4) is 0 Å². The van der Waals surface area contributed by atoms with Crippen LogP contribution in [0.1, 0.15) is 29.5 Å². The fraction of sp³-hybridized carbons (Fsp3) is 0.429. The zero-order valence-corrected chi connectivity index (χ0v) is 9.93. The third kappa shape index (κ3) is 1.17. The number of hydrogen-bond acceptors (Lipinski definition) is 1. The number of nitrogens with one attached hydrogen (secondary N) is 1. The van der Waals surface area contributed by atoms with Crippen molar-refractivity contribution < 1.29 is 0 Å². The van der Waals surface area contributed by atoms with Crippen LogP contribution in [-0.2, 0) is 5.41 Å². The Kier molecular flexibility index (Phi) is 1.93. The minimum Gasteiger partial charge on any atom is -0.361 e. The zero-order chi connectivity index (χ0) is 11.3. The number of rotatable bonds is 2. The fourth-order valence-electron chi connectivity index (χ4n) is 2.62. The Morgan fingerprint density at radius 3 is 2.69 bits per heavy atom. The summed E-state index contributed by atoms with van der Waals surface area (Å²) in [5.41, 5.74) is 11.6. The number of hydrogen-bond donors (Lipinski definition) is 2. The largest absolute Gasteiger partial charge is 0.361 e. The van der Waals surface area contributed by atoms with E-state index in [1.165, 1.54) is 40.4 Å². The van der Waals surface area contributed by atoms with E-state index in [9.17, 15) is 0 Å². The van der Waals surface area contributed by atoms with Crippen molar-refractivity contribution >= 4 is 10.9 Å². The second-order valence-corrected chi connectivity index (χ2v) is 5.12. The van der Waals surface area contributed by atoms with E-state index in [1.807, 2.05) is 0 Å². The molecule has 0 aliphatic heterocycles. The van der Waals surface area contributed by atoms with Crippen LogP contribution in [0.4, 0.5) is 0 Å². The molecule has 2 heteroatoms. The fourth-order valence-corrected chi connectivity index (χ4v) is 2.62. The summed E-state index contributed by atoms with van der Waals surface area (Å²) in [7, 11) is 0. The molecule has 0 atom stereocenters. The molecule has 1 aliphatic rings. The second-order valence-electron chi connectivity index (χ2n) is 5.12. The molecular weight excluding hydrogens is 196 g/mol. The van der Waals surface area contributed by atoms with E-state index in [-0.39, 0.29) is 5.41 Å². The smallest absolute Gasteiger partial charge is 0.0489 e. The van der Waals surface area contributed by atoms with Gasteiger partial charge in [-0.2, -0.15) is 0 Å². The number of aryl methyl sites for hydroxylation is 2. The molecule has 16 heavy (non-hydrogen) atoms. The molecule has 1 fully saturated rings. The van der Waals surface area contributed by atoms with Crippen LogP contribution < -0.4 is 5.73 Å². The van der Waals surface area contributed by atoms with E-state index in [2.05, 4.69) is 37.2 Å². The molecule has 2 aromatic rings. The second kappa shape index (κ2) is 3.11. The molecular formula is C14H18N2.